The fourth-order valence-corrected chi connectivity index (χ4v) is 4.42. The molecule has 0 spiro atoms. The molecule has 4 heteroatoms. The molecule has 1 heterocycles. The predicted molar refractivity (Wildman–Crippen MR) is 102 cm³/mol. The number of ether oxygens (including phenoxy) is 2. The standard InChI is InChI=1S/C22H30O4/c1-5-6-7-8-15-12-18-20(21(23)19(15)22(24)25-4)17-11-13(2)9-10-16(17)14(3)26-18/h11-12,14,16-17,23H,5-10H2,1-4H3/t14?,16-,17?/m0/s1. The molecule has 4 nitrogen and oxygen atoms in total. The van der Waals surface area contributed by atoms with Crippen LogP contribution >= 0.6 is 0 Å². The van der Waals surface area contributed by atoms with Gasteiger partial charge in [0.25, 0.3) is 0 Å². The second kappa shape index (κ2) is 7.73. The highest BCUT2D eigenvalue weighted by Gasteiger charge is 2.40. The maximum absolute atomic E-state index is 12.4. The van der Waals surface area contributed by atoms with Gasteiger partial charge in [0.05, 0.1) is 13.2 Å². The van der Waals surface area contributed by atoms with Crippen molar-refractivity contribution in [3.63, 3.8) is 0 Å². The predicted octanol–water partition coefficient (Wildman–Crippen LogP) is 5.13. The molecule has 1 aromatic rings. The first-order chi connectivity index (χ1) is 12.5. The van der Waals surface area contributed by atoms with Crippen molar-refractivity contribution >= 4 is 5.97 Å². The summed E-state index contributed by atoms with van der Waals surface area (Å²) in [5.74, 6) is 0.725. The van der Waals surface area contributed by atoms with Crippen LogP contribution in [0, 0.1) is 5.92 Å². The number of esters is 1. The number of phenols is 1. The van der Waals surface area contributed by atoms with Gasteiger partial charge < -0.3 is 14.6 Å². The van der Waals surface area contributed by atoms with Gasteiger partial charge in [-0.25, -0.2) is 4.79 Å². The molecular formula is C22H30O4. The molecule has 26 heavy (non-hydrogen) atoms. The number of carbonyl (C=O) groups is 1. The molecule has 1 aliphatic carbocycles. The molecule has 1 aliphatic heterocycles. The third kappa shape index (κ3) is 3.34. The number of fused-ring (bicyclic) bond motifs is 3. The maximum atomic E-state index is 12.4. The van der Waals surface area contributed by atoms with Gasteiger partial charge in [-0.15, -0.1) is 0 Å². The average molecular weight is 358 g/mol. The molecule has 1 N–H and O–H groups in total. The molecule has 0 amide bonds. The van der Waals surface area contributed by atoms with E-state index in [1.165, 1.54) is 12.7 Å². The summed E-state index contributed by atoms with van der Waals surface area (Å²) in [5.41, 5.74) is 3.23. The van der Waals surface area contributed by atoms with E-state index in [1.54, 1.807) is 0 Å². The molecule has 3 rings (SSSR count). The van der Waals surface area contributed by atoms with Gasteiger partial charge in [-0.3, -0.25) is 0 Å². The van der Waals surface area contributed by atoms with Crippen LogP contribution < -0.4 is 4.74 Å². The van der Waals surface area contributed by atoms with Crippen LogP contribution in [0.3, 0.4) is 0 Å². The molecule has 1 aromatic carbocycles. The van der Waals surface area contributed by atoms with E-state index in [9.17, 15) is 9.90 Å². The number of methoxy groups -OCH3 is 1. The molecule has 0 saturated carbocycles. The highest BCUT2D eigenvalue weighted by atomic mass is 16.5. The molecule has 0 saturated heterocycles. The molecular weight excluding hydrogens is 328 g/mol. The van der Waals surface area contributed by atoms with E-state index < -0.39 is 5.97 Å². The number of aryl methyl sites for hydroxylation is 1. The summed E-state index contributed by atoms with van der Waals surface area (Å²) in [7, 11) is 1.36. The first-order valence-corrected chi connectivity index (χ1v) is 9.78. The van der Waals surface area contributed by atoms with Crippen molar-refractivity contribution in [2.75, 3.05) is 7.11 Å². The minimum absolute atomic E-state index is 0.0497. The van der Waals surface area contributed by atoms with Crippen molar-refractivity contribution in [1.82, 2.24) is 0 Å². The number of carbonyl (C=O) groups excluding carboxylic acids is 1. The summed E-state index contributed by atoms with van der Waals surface area (Å²) in [4.78, 5) is 12.4. The Bertz CT molecular complexity index is 719. The Kier molecular flexibility index (Phi) is 5.59. The van der Waals surface area contributed by atoms with E-state index in [0.717, 1.165) is 55.4 Å². The van der Waals surface area contributed by atoms with Crippen molar-refractivity contribution in [1.29, 1.82) is 0 Å². The number of hydrogen-bond acceptors (Lipinski definition) is 4. The zero-order valence-electron chi connectivity index (χ0n) is 16.3. The number of phenolic OH excluding ortho intramolecular Hbond substituents is 1. The van der Waals surface area contributed by atoms with Gasteiger partial charge in [-0.2, -0.15) is 0 Å². The number of benzene rings is 1. The third-order valence-electron chi connectivity index (χ3n) is 5.87. The second-order valence-corrected chi connectivity index (χ2v) is 7.68. The van der Waals surface area contributed by atoms with Crippen LogP contribution in [-0.2, 0) is 11.2 Å². The number of unbranched alkanes of at least 4 members (excludes halogenated alkanes) is 2. The number of hydrogen-bond donors (Lipinski definition) is 1. The fourth-order valence-electron chi connectivity index (χ4n) is 4.42. The summed E-state index contributed by atoms with van der Waals surface area (Å²) >= 11 is 0. The van der Waals surface area contributed by atoms with Crippen molar-refractivity contribution in [3.05, 3.63) is 34.4 Å². The summed E-state index contributed by atoms with van der Waals surface area (Å²) < 4.78 is 11.2. The SMILES string of the molecule is CCCCCc1cc2c(c(O)c1C(=O)OC)C1C=C(C)CC[C@H]1C(C)O2. The van der Waals surface area contributed by atoms with E-state index in [1.807, 2.05) is 6.07 Å². The largest absolute Gasteiger partial charge is 0.507 e. The minimum Gasteiger partial charge on any atom is -0.507 e. The average Bonchev–Trinajstić information content (AvgIpc) is 2.61. The van der Waals surface area contributed by atoms with Gasteiger partial charge in [-0.05, 0) is 51.2 Å². The topological polar surface area (TPSA) is 55.8 Å². The Morgan fingerprint density at radius 3 is 2.85 bits per heavy atom. The zero-order valence-corrected chi connectivity index (χ0v) is 16.3. The monoisotopic (exact) mass is 358 g/mol. The minimum atomic E-state index is -0.469. The molecule has 2 unspecified atom stereocenters. The smallest absolute Gasteiger partial charge is 0.341 e. The van der Waals surface area contributed by atoms with Gasteiger partial charge in [0, 0.05) is 17.4 Å². The zero-order chi connectivity index (χ0) is 18.8. The molecule has 0 aromatic heterocycles. The maximum Gasteiger partial charge on any atom is 0.341 e. The Morgan fingerprint density at radius 1 is 1.38 bits per heavy atom. The lowest BCUT2D eigenvalue weighted by atomic mass is 9.72. The van der Waals surface area contributed by atoms with Gasteiger partial charge >= 0.3 is 5.97 Å². The van der Waals surface area contributed by atoms with Gasteiger partial charge in [0.15, 0.2) is 0 Å². The van der Waals surface area contributed by atoms with Crippen LogP contribution in [0.2, 0.25) is 0 Å². The highest BCUT2D eigenvalue weighted by molar-refractivity contribution is 5.95. The van der Waals surface area contributed by atoms with E-state index in [2.05, 4.69) is 26.8 Å². The van der Waals surface area contributed by atoms with Crippen molar-refractivity contribution in [2.24, 2.45) is 5.92 Å². The Balaban J connectivity index is 2.12. The van der Waals surface area contributed by atoms with Gasteiger partial charge in [-0.1, -0.05) is 31.4 Å². The van der Waals surface area contributed by atoms with Crippen LogP contribution in [0.15, 0.2) is 17.7 Å². The fraction of sp³-hybridized carbons (Fsp3) is 0.591. The Morgan fingerprint density at radius 2 is 2.15 bits per heavy atom. The number of rotatable bonds is 5. The lowest BCUT2D eigenvalue weighted by Crippen LogP contribution is -2.35. The molecule has 142 valence electrons. The summed E-state index contributed by atoms with van der Waals surface area (Å²) in [5, 5.41) is 11.1. The number of allylic oxidation sites excluding steroid dienone is 2. The summed E-state index contributed by atoms with van der Waals surface area (Å²) in [6, 6.07) is 1.96. The summed E-state index contributed by atoms with van der Waals surface area (Å²) in [6.45, 7) is 6.39. The van der Waals surface area contributed by atoms with Crippen molar-refractivity contribution in [2.45, 2.75) is 71.3 Å². The van der Waals surface area contributed by atoms with Crippen LogP contribution in [0.25, 0.3) is 0 Å². The van der Waals surface area contributed by atoms with E-state index in [-0.39, 0.29) is 17.8 Å². The van der Waals surface area contributed by atoms with Gasteiger partial charge in [0.2, 0.25) is 0 Å². The molecule has 0 fully saturated rings. The molecule has 3 atom stereocenters. The van der Waals surface area contributed by atoms with E-state index >= 15 is 0 Å². The quantitative estimate of drug-likeness (QED) is 0.450. The second-order valence-electron chi connectivity index (χ2n) is 7.68. The Hall–Kier alpha value is -1.97. The molecule has 2 aliphatic rings. The van der Waals surface area contributed by atoms with E-state index in [0.29, 0.717) is 11.5 Å². The lowest BCUT2D eigenvalue weighted by Gasteiger charge is -2.40. The van der Waals surface area contributed by atoms with Crippen molar-refractivity contribution < 1.29 is 19.4 Å². The molecule has 0 bridgehead atoms. The molecule has 0 radical (unpaired) electrons. The van der Waals surface area contributed by atoms with Crippen LogP contribution in [0.1, 0.15) is 80.3 Å². The third-order valence-corrected chi connectivity index (χ3v) is 5.87. The first kappa shape index (κ1) is 18.8. The highest BCUT2D eigenvalue weighted by Crippen LogP contribution is 2.51. The van der Waals surface area contributed by atoms with Crippen LogP contribution in [0.5, 0.6) is 11.5 Å². The lowest BCUT2D eigenvalue weighted by molar-refractivity contribution is 0.0594. The normalized spacial score (nSPS) is 24.2. The summed E-state index contributed by atoms with van der Waals surface area (Å²) in [6.07, 6.45) is 8.34. The number of aromatic hydroxyl groups is 1. The van der Waals surface area contributed by atoms with Gasteiger partial charge in [0.1, 0.15) is 17.1 Å². The Labute approximate surface area is 156 Å². The van der Waals surface area contributed by atoms with Crippen molar-refractivity contribution in [3.8, 4) is 11.5 Å². The van der Waals surface area contributed by atoms with E-state index in [4.69, 9.17) is 9.47 Å². The first-order valence-electron chi connectivity index (χ1n) is 9.78. The van der Waals surface area contributed by atoms with Crippen LogP contribution in [-0.4, -0.2) is 24.3 Å². The van der Waals surface area contributed by atoms with Crippen LogP contribution in [0.4, 0.5) is 0 Å².